The van der Waals surface area contributed by atoms with Crippen molar-refractivity contribution >= 4 is 0 Å². The molecule has 1 fully saturated rings. The first-order valence-electron chi connectivity index (χ1n) is 4.28. The Morgan fingerprint density at radius 1 is 1.30 bits per heavy atom. The predicted octanol–water partition coefficient (Wildman–Crippen LogP) is 1.55. The lowest BCUT2D eigenvalue weighted by molar-refractivity contribution is 0.422. The van der Waals surface area contributed by atoms with Crippen LogP contribution in [0.15, 0.2) is 12.2 Å². The van der Waals surface area contributed by atoms with Crippen LogP contribution in [0, 0.1) is 17.8 Å². The third kappa shape index (κ3) is 0.891. The average Bonchev–Trinajstić information content (AvgIpc) is 2.48. The molecule has 2 aliphatic rings. The third-order valence-electron chi connectivity index (χ3n) is 2.95. The van der Waals surface area contributed by atoms with Crippen LogP contribution < -0.4 is 5.73 Å². The van der Waals surface area contributed by atoms with Crippen molar-refractivity contribution < 1.29 is 0 Å². The van der Waals surface area contributed by atoms with Gasteiger partial charge in [-0.3, -0.25) is 0 Å². The van der Waals surface area contributed by atoms with Crippen molar-refractivity contribution in [3.05, 3.63) is 12.2 Å². The lowest BCUT2D eigenvalue weighted by atomic mass is 9.91. The Balaban J connectivity index is 1.96. The fraction of sp³-hybridized carbons (Fsp3) is 0.778. The average molecular weight is 137 g/mol. The van der Waals surface area contributed by atoms with Crippen LogP contribution in [0.4, 0.5) is 0 Å². The van der Waals surface area contributed by atoms with Gasteiger partial charge in [0.2, 0.25) is 0 Å². The second kappa shape index (κ2) is 2.39. The van der Waals surface area contributed by atoms with Gasteiger partial charge in [-0.15, -0.1) is 0 Å². The zero-order valence-electron chi connectivity index (χ0n) is 6.29. The van der Waals surface area contributed by atoms with E-state index >= 15 is 0 Å². The van der Waals surface area contributed by atoms with Gasteiger partial charge in [0.1, 0.15) is 0 Å². The van der Waals surface area contributed by atoms with Crippen molar-refractivity contribution in [2.24, 2.45) is 23.5 Å². The highest BCUT2D eigenvalue weighted by molar-refractivity contribution is 5.09. The highest BCUT2D eigenvalue weighted by Crippen LogP contribution is 2.44. The Bertz CT molecular complexity index is 151. The highest BCUT2D eigenvalue weighted by atomic mass is 14.5. The van der Waals surface area contributed by atoms with Crippen molar-refractivity contribution in [2.45, 2.75) is 19.3 Å². The highest BCUT2D eigenvalue weighted by Gasteiger charge is 2.34. The molecule has 0 aromatic carbocycles. The molecule has 0 heterocycles. The molecule has 2 aliphatic carbocycles. The summed E-state index contributed by atoms with van der Waals surface area (Å²) in [7, 11) is 0. The molecule has 10 heavy (non-hydrogen) atoms. The van der Waals surface area contributed by atoms with Crippen LogP contribution >= 0.6 is 0 Å². The summed E-state index contributed by atoms with van der Waals surface area (Å²) in [5, 5.41) is 0. The Morgan fingerprint density at radius 3 is 2.70 bits per heavy atom. The predicted molar refractivity (Wildman–Crippen MR) is 42.5 cm³/mol. The number of allylic oxidation sites excluding steroid dienone is 2. The molecule has 2 rings (SSSR count). The van der Waals surface area contributed by atoms with Crippen LogP contribution in [-0.2, 0) is 0 Å². The first kappa shape index (κ1) is 6.41. The van der Waals surface area contributed by atoms with Crippen LogP contribution in [0.3, 0.4) is 0 Å². The van der Waals surface area contributed by atoms with Gasteiger partial charge in [0, 0.05) is 0 Å². The molecule has 0 aromatic heterocycles. The molecule has 0 spiro atoms. The van der Waals surface area contributed by atoms with E-state index < -0.39 is 0 Å². The summed E-state index contributed by atoms with van der Waals surface area (Å²) in [5.74, 6) is 2.75. The van der Waals surface area contributed by atoms with Gasteiger partial charge in [0.25, 0.3) is 0 Å². The topological polar surface area (TPSA) is 26.0 Å². The molecule has 0 aromatic rings. The zero-order valence-corrected chi connectivity index (χ0v) is 6.29. The van der Waals surface area contributed by atoms with Crippen molar-refractivity contribution in [3.63, 3.8) is 0 Å². The number of fused-ring (bicyclic) bond motifs is 2. The van der Waals surface area contributed by atoms with Gasteiger partial charge >= 0.3 is 0 Å². The zero-order chi connectivity index (χ0) is 6.97. The monoisotopic (exact) mass is 137 g/mol. The van der Waals surface area contributed by atoms with Gasteiger partial charge in [0.05, 0.1) is 0 Å². The van der Waals surface area contributed by atoms with E-state index in [0.717, 1.165) is 24.3 Å². The molecule has 2 N–H and O–H groups in total. The largest absolute Gasteiger partial charge is 0.330 e. The molecule has 0 aliphatic heterocycles. The van der Waals surface area contributed by atoms with E-state index in [2.05, 4.69) is 12.2 Å². The maximum absolute atomic E-state index is 5.52. The van der Waals surface area contributed by atoms with E-state index in [4.69, 9.17) is 5.73 Å². The minimum absolute atomic E-state index is 0.877. The van der Waals surface area contributed by atoms with Gasteiger partial charge in [0.15, 0.2) is 0 Å². The second-order valence-corrected chi connectivity index (χ2v) is 3.62. The van der Waals surface area contributed by atoms with Crippen molar-refractivity contribution in [2.75, 3.05) is 6.54 Å². The molecular formula is C9H15N. The van der Waals surface area contributed by atoms with Crippen LogP contribution in [0.5, 0.6) is 0 Å². The summed E-state index contributed by atoms with van der Waals surface area (Å²) in [6.45, 7) is 0.877. The maximum atomic E-state index is 5.52. The second-order valence-electron chi connectivity index (χ2n) is 3.62. The van der Waals surface area contributed by atoms with Crippen molar-refractivity contribution in [3.8, 4) is 0 Å². The minimum atomic E-state index is 0.877. The fourth-order valence-electron chi connectivity index (χ4n) is 2.44. The van der Waals surface area contributed by atoms with Gasteiger partial charge < -0.3 is 5.73 Å². The molecule has 0 radical (unpaired) electrons. The summed E-state index contributed by atoms with van der Waals surface area (Å²) >= 11 is 0. The summed E-state index contributed by atoms with van der Waals surface area (Å²) in [4.78, 5) is 0. The van der Waals surface area contributed by atoms with Crippen LogP contribution in [0.2, 0.25) is 0 Å². The van der Waals surface area contributed by atoms with Gasteiger partial charge in [-0.25, -0.2) is 0 Å². The Morgan fingerprint density at radius 2 is 2.20 bits per heavy atom. The lowest BCUT2D eigenvalue weighted by Crippen LogP contribution is -2.12. The Kier molecular flexibility index (Phi) is 1.53. The molecule has 56 valence electrons. The number of hydrogen-bond donors (Lipinski definition) is 1. The number of hydrogen-bond acceptors (Lipinski definition) is 1. The van der Waals surface area contributed by atoms with E-state index in [1.54, 1.807) is 0 Å². The number of rotatable bonds is 2. The van der Waals surface area contributed by atoms with Crippen LogP contribution in [-0.4, -0.2) is 6.54 Å². The molecule has 1 heteroatoms. The molecule has 0 saturated heterocycles. The first-order chi connectivity index (χ1) is 4.90. The molecule has 3 atom stereocenters. The Hall–Kier alpha value is -0.300. The van der Waals surface area contributed by atoms with Crippen molar-refractivity contribution in [1.82, 2.24) is 0 Å². The molecule has 2 bridgehead atoms. The van der Waals surface area contributed by atoms with E-state index in [1.807, 2.05) is 0 Å². The van der Waals surface area contributed by atoms with Gasteiger partial charge in [-0.05, 0) is 43.6 Å². The molecule has 1 saturated carbocycles. The summed E-state index contributed by atoms with van der Waals surface area (Å²) < 4.78 is 0. The molecule has 1 unspecified atom stereocenters. The SMILES string of the molecule is NCCC1C[C@H]2C=C[C@@H]1C2. The summed E-state index contributed by atoms with van der Waals surface area (Å²) in [6, 6.07) is 0. The minimum Gasteiger partial charge on any atom is -0.330 e. The van der Waals surface area contributed by atoms with E-state index in [9.17, 15) is 0 Å². The lowest BCUT2D eigenvalue weighted by Gasteiger charge is -2.15. The summed E-state index contributed by atoms with van der Waals surface area (Å²) in [5.41, 5.74) is 5.52. The standard InChI is InChI=1S/C9H15N/c10-4-3-9-6-7-1-2-8(9)5-7/h1-2,7-9H,3-6,10H2/t7-,8+,9?/m0/s1. The summed E-state index contributed by atoms with van der Waals surface area (Å²) in [6.07, 6.45) is 8.86. The maximum Gasteiger partial charge on any atom is -0.00744 e. The smallest absolute Gasteiger partial charge is 0.00744 e. The number of nitrogens with two attached hydrogens (primary N) is 1. The fourth-order valence-corrected chi connectivity index (χ4v) is 2.44. The Labute approximate surface area is 62.3 Å². The van der Waals surface area contributed by atoms with E-state index in [0.29, 0.717) is 0 Å². The quantitative estimate of drug-likeness (QED) is 0.574. The molecular weight excluding hydrogens is 122 g/mol. The molecule has 0 amide bonds. The third-order valence-corrected chi connectivity index (χ3v) is 2.95. The van der Waals surface area contributed by atoms with E-state index in [1.165, 1.54) is 19.3 Å². The first-order valence-corrected chi connectivity index (χ1v) is 4.28. The van der Waals surface area contributed by atoms with E-state index in [-0.39, 0.29) is 0 Å². The van der Waals surface area contributed by atoms with Gasteiger partial charge in [-0.1, -0.05) is 12.2 Å². The van der Waals surface area contributed by atoms with Crippen LogP contribution in [0.25, 0.3) is 0 Å². The normalized spacial score (nSPS) is 43.1. The van der Waals surface area contributed by atoms with Gasteiger partial charge in [-0.2, -0.15) is 0 Å². The molecule has 1 nitrogen and oxygen atoms in total. The van der Waals surface area contributed by atoms with Crippen molar-refractivity contribution in [1.29, 1.82) is 0 Å². The van der Waals surface area contributed by atoms with Crippen LogP contribution in [0.1, 0.15) is 19.3 Å².